The quantitative estimate of drug-likeness (QED) is 0.531. The Kier molecular flexibility index (Phi) is 7.82. The van der Waals surface area contributed by atoms with Gasteiger partial charge in [0.2, 0.25) is 0 Å². The van der Waals surface area contributed by atoms with Gasteiger partial charge in [0.25, 0.3) is 0 Å². The zero-order valence-corrected chi connectivity index (χ0v) is 8.22. The van der Waals surface area contributed by atoms with Gasteiger partial charge in [0.1, 0.15) is 0 Å². The normalized spacial score (nSPS) is 6.50. The van der Waals surface area contributed by atoms with Gasteiger partial charge in [-0.05, 0) is 11.6 Å². The average molecular weight is 270 g/mol. The number of benzene rings is 1. The second-order valence-corrected chi connectivity index (χ2v) is 1.68. The van der Waals surface area contributed by atoms with Crippen molar-refractivity contribution in [3.63, 3.8) is 0 Å². The maximum Gasteiger partial charge on any atom is 0.0481 e. The minimum atomic E-state index is 0. The first-order chi connectivity index (χ1) is 4.88. The van der Waals surface area contributed by atoms with Crippen LogP contribution in [-0.2, 0) is 20.4 Å². The van der Waals surface area contributed by atoms with E-state index in [1.807, 2.05) is 12.1 Å². The molecular formula is C8H4ClN2Pd-. The summed E-state index contributed by atoms with van der Waals surface area (Å²) < 4.78 is 0. The number of halogens is 1. The summed E-state index contributed by atoms with van der Waals surface area (Å²) in [5.41, 5.74) is 0.690. The Hall–Kier alpha value is -0.848. The molecule has 0 N–H and O–H groups in total. The third kappa shape index (κ3) is 3.04. The predicted molar refractivity (Wildman–Crippen MR) is 42.0 cm³/mol. The second kappa shape index (κ2) is 6.84. The molecule has 0 aliphatic rings. The molecule has 2 nitrogen and oxygen atoms in total. The summed E-state index contributed by atoms with van der Waals surface area (Å²) in [6.45, 7) is 0. The number of nitrogens with zero attached hydrogens (tertiary/aromatic N) is 2. The SMILES string of the molecule is Cl.N#Cc1[c-]cccc1C#N.[Pd]. The molecule has 0 radical (unpaired) electrons. The standard InChI is InChI=1S/C8H3N2.ClH.Pd/c9-5-7-3-1-2-4-8(7)6-10;;/h1-3H;1H;/q-1;;. The Bertz CT molecular complexity index is 292. The Labute approximate surface area is 90.9 Å². The molecule has 0 bridgehead atoms. The molecule has 0 heterocycles. The summed E-state index contributed by atoms with van der Waals surface area (Å²) in [7, 11) is 0. The van der Waals surface area contributed by atoms with E-state index in [1.54, 1.807) is 18.2 Å². The topological polar surface area (TPSA) is 47.6 Å². The molecule has 0 spiro atoms. The van der Waals surface area contributed by atoms with Crippen LogP contribution < -0.4 is 0 Å². The van der Waals surface area contributed by atoms with Crippen molar-refractivity contribution in [2.45, 2.75) is 0 Å². The van der Waals surface area contributed by atoms with E-state index in [0.29, 0.717) is 11.1 Å². The van der Waals surface area contributed by atoms with E-state index in [4.69, 9.17) is 10.5 Å². The molecule has 1 aromatic rings. The van der Waals surface area contributed by atoms with Crippen LogP contribution in [0.1, 0.15) is 11.1 Å². The predicted octanol–water partition coefficient (Wildman–Crippen LogP) is 1.65. The Morgan fingerprint density at radius 3 is 2.33 bits per heavy atom. The van der Waals surface area contributed by atoms with Gasteiger partial charge in [0, 0.05) is 26.5 Å². The molecule has 0 amide bonds. The maximum atomic E-state index is 8.43. The van der Waals surface area contributed by atoms with E-state index >= 15 is 0 Å². The summed E-state index contributed by atoms with van der Waals surface area (Å²) in [5, 5.41) is 16.8. The molecule has 1 aromatic carbocycles. The molecule has 0 aliphatic carbocycles. The number of hydrogen-bond acceptors (Lipinski definition) is 2. The van der Waals surface area contributed by atoms with Crippen molar-refractivity contribution in [3.05, 3.63) is 35.4 Å². The van der Waals surface area contributed by atoms with Crippen LogP contribution in [0, 0.1) is 28.7 Å². The van der Waals surface area contributed by atoms with Crippen molar-refractivity contribution >= 4 is 12.4 Å². The van der Waals surface area contributed by atoms with Crippen molar-refractivity contribution in [1.82, 2.24) is 0 Å². The van der Waals surface area contributed by atoms with E-state index in [1.165, 1.54) is 0 Å². The van der Waals surface area contributed by atoms with E-state index in [0.717, 1.165) is 0 Å². The molecule has 0 fully saturated rings. The van der Waals surface area contributed by atoms with Crippen LogP contribution in [0.15, 0.2) is 18.2 Å². The molecule has 0 saturated heterocycles. The van der Waals surface area contributed by atoms with Gasteiger partial charge in [-0.2, -0.15) is 0 Å². The monoisotopic (exact) mass is 269 g/mol. The molecular weight excluding hydrogens is 266 g/mol. The second-order valence-electron chi connectivity index (χ2n) is 1.68. The fraction of sp³-hybridized carbons (Fsp3) is 0. The molecule has 0 aliphatic heterocycles. The molecule has 0 unspecified atom stereocenters. The van der Waals surface area contributed by atoms with Gasteiger partial charge in [-0.1, -0.05) is 5.56 Å². The number of hydrogen-bond donors (Lipinski definition) is 0. The molecule has 12 heavy (non-hydrogen) atoms. The van der Waals surface area contributed by atoms with E-state index in [2.05, 4.69) is 6.07 Å². The van der Waals surface area contributed by atoms with Crippen molar-refractivity contribution in [1.29, 1.82) is 10.5 Å². The summed E-state index contributed by atoms with van der Waals surface area (Å²) in [5.74, 6) is 0. The van der Waals surface area contributed by atoms with Gasteiger partial charge in [-0.25, -0.2) is 5.26 Å². The minimum absolute atomic E-state index is 0. The fourth-order valence-corrected chi connectivity index (χ4v) is 0.623. The van der Waals surface area contributed by atoms with Crippen LogP contribution in [-0.4, -0.2) is 0 Å². The summed E-state index contributed by atoms with van der Waals surface area (Å²) in [6, 6.07) is 11.3. The van der Waals surface area contributed by atoms with Crippen molar-refractivity contribution < 1.29 is 20.4 Å². The number of rotatable bonds is 0. The smallest absolute Gasteiger partial charge is 0.0481 e. The van der Waals surface area contributed by atoms with Crippen LogP contribution in [0.5, 0.6) is 0 Å². The average Bonchev–Trinajstić information content (AvgIpc) is 2.04. The van der Waals surface area contributed by atoms with Crippen LogP contribution in [0.25, 0.3) is 0 Å². The van der Waals surface area contributed by atoms with Crippen LogP contribution in [0.2, 0.25) is 0 Å². The molecule has 4 heteroatoms. The van der Waals surface area contributed by atoms with Crippen molar-refractivity contribution in [2.24, 2.45) is 0 Å². The van der Waals surface area contributed by atoms with Crippen molar-refractivity contribution in [3.8, 4) is 12.1 Å². The first-order valence-corrected chi connectivity index (χ1v) is 2.69. The zero-order valence-electron chi connectivity index (χ0n) is 5.85. The summed E-state index contributed by atoms with van der Waals surface area (Å²) >= 11 is 0. The Balaban J connectivity index is 0. The van der Waals surface area contributed by atoms with Gasteiger partial charge in [0.05, 0.1) is 0 Å². The fourth-order valence-electron chi connectivity index (χ4n) is 0.623. The van der Waals surface area contributed by atoms with Crippen LogP contribution in [0.3, 0.4) is 0 Å². The zero-order chi connectivity index (χ0) is 7.40. The van der Waals surface area contributed by atoms with Gasteiger partial charge >= 0.3 is 0 Å². The Morgan fingerprint density at radius 1 is 1.25 bits per heavy atom. The van der Waals surface area contributed by atoms with Gasteiger partial charge in [0.15, 0.2) is 0 Å². The van der Waals surface area contributed by atoms with Gasteiger partial charge < -0.3 is 0 Å². The van der Waals surface area contributed by atoms with Crippen molar-refractivity contribution in [2.75, 3.05) is 0 Å². The molecule has 0 aromatic heterocycles. The molecule has 1 rings (SSSR count). The number of nitriles is 2. The third-order valence-corrected chi connectivity index (χ3v) is 1.09. The van der Waals surface area contributed by atoms with Crippen LogP contribution >= 0.6 is 12.4 Å². The van der Waals surface area contributed by atoms with Crippen LogP contribution in [0.4, 0.5) is 0 Å². The first kappa shape index (κ1) is 13.7. The van der Waals surface area contributed by atoms with Gasteiger partial charge in [-0.15, -0.1) is 36.7 Å². The minimum Gasteiger partial charge on any atom is -0.262 e. The van der Waals surface area contributed by atoms with E-state index in [9.17, 15) is 0 Å². The summed E-state index contributed by atoms with van der Waals surface area (Å²) in [4.78, 5) is 0. The largest absolute Gasteiger partial charge is 0.262 e. The summed E-state index contributed by atoms with van der Waals surface area (Å²) in [6.07, 6.45) is 0. The molecule has 0 saturated carbocycles. The third-order valence-electron chi connectivity index (χ3n) is 1.09. The first-order valence-electron chi connectivity index (χ1n) is 2.69. The Morgan fingerprint density at radius 2 is 1.92 bits per heavy atom. The molecule has 64 valence electrons. The van der Waals surface area contributed by atoms with Gasteiger partial charge in [-0.3, -0.25) is 5.26 Å². The van der Waals surface area contributed by atoms with E-state index < -0.39 is 0 Å². The molecule has 0 atom stereocenters. The maximum absolute atomic E-state index is 8.43. The van der Waals surface area contributed by atoms with E-state index in [-0.39, 0.29) is 32.8 Å².